The van der Waals surface area contributed by atoms with Crippen molar-refractivity contribution in [2.75, 3.05) is 12.0 Å². The first-order valence-electron chi connectivity index (χ1n) is 3.27. The van der Waals surface area contributed by atoms with E-state index in [0.29, 0.717) is 11.3 Å². The van der Waals surface area contributed by atoms with Crippen LogP contribution >= 0.6 is 11.8 Å². The smallest absolute Gasteiger partial charge is 0.150 e. The summed E-state index contributed by atoms with van der Waals surface area (Å²) >= 11 is 1.58. The van der Waals surface area contributed by atoms with Gasteiger partial charge in [-0.05, 0) is 17.9 Å². The van der Waals surface area contributed by atoms with Crippen LogP contribution in [-0.4, -0.2) is 6.26 Å². The van der Waals surface area contributed by atoms with E-state index in [4.69, 9.17) is 5.73 Å². The Balaban J connectivity index is 2.96. The quantitative estimate of drug-likeness (QED) is 0.691. The van der Waals surface area contributed by atoms with E-state index in [9.17, 15) is 4.39 Å². The maximum absolute atomic E-state index is 13.1. The van der Waals surface area contributed by atoms with E-state index in [2.05, 4.69) is 0 Å². The summed E-state index contributed by atoms with van der Waals surface area (Å²) in [7, 11) is 0. The van der Waals surface area contributed by atoms with Crippen LogP contribution in [-0.2, 0) is 5.75 Å². The number of benzene rings is 1. The molecule has 0 heterocycles. The molecule has 0 amide bonds. The van der Waals surface area contributed by atoms with E-state index in [0.717, 1.165) is 0 Å². The Morgan fingerprint density at radius 1 is 1.55 bits per heavy atom. The van der Waals surface area contributed by atoms with Crippen molar-refractivity contribution in [3.05, 3.63) is 29.6 Å². The number of thioether (sulfide) groups is 1. The van der Waals surface area contributed by atoms with Gasteiger partial charge in [-0.2, -0.15) is 11.8 Å². The standard InChI is InChI=1S/C8H10FNS/c1-11-5-6-3-2-4-7(10)8(6)9/h2-4H,5,10H2,1H3. The van der Waals surface area contributed by atoms with Crippen molar-refractivity contribution in [1.29, 1.82) is 0 Å². The monoisotopic (exact) mass is 171 g/mol. The molecule has 0 saturated carbocycles. The number of nitrogen functional groups attached to an aromatic ring is 1. The van der Waals surface area contributed by atoms with Gasteiger partial charge in [-0.25, -0.2) is 4.39 Å². The predicted molar refractivity (Wildman–Crippen MR) is 48.0 cm³/mol. The fraction of sp³-hybridized carbons (Fsp3) is 0.250. The van der Waals surface area contributed by atoms with Crippen LogP contribution < -0.4 is 5.73 Å². The molecule has 0 aromatic heterocycles. The third kappa shape index (κ3) is 1.87. The highest BCUT2D eigenvalue weighted by Crippen LogP contribution is 2.18. The molecule has 60 valence electrons. The van der Waals surface area contributed by atoms with E-state index < -0.39 is 0 Å². The zero-order valence-electron chi connectivity index (χ0n) is 6.30. The number of rotatable bonds is 2. The van der Waals surface area contributed by atoms with Crippen molar-refractivity contribution in [3.63, 3.8) is 0 Å². The molecule has 3 heteroatoms. The Kier molecular flexibility index (Phi) is 2.76. The first-order chi connectivity index (χ1) is 5.25. The molecule has 0 saturated heterocycles. The highest BCUT2D eigenvalue weighted by molar-refractivity contribution is 7.97. The van der Waals surface area contributed by atoms with Crippen LogP contribution in [0.4, 0.5) is 10.1 Å². The largest absolute Gasteiger partial charge is 0.396 e. The SMILES string of the molecule is CSCc1cccc(N)c1F. The van der Waals surface area contributed by atoms with Gasteiger partial charge in [0.05, 0.1) is 5.69 Å². The molecule has 0 radical (unpaired) electrons. The molecule has 1 nitrogen and oxygen atoms in total. The lowest BCUT2D eigenvalue weighted by Crippen LogP contribution is -1.94. The van der Waals surface area contributed by atoms with Crippen LogP contribution in [0.2, 0.25) is 0 Å². The van der Waals surface area contributed by atoms with Crippen molar-refractivity contribution in [2.24, 2.45) is 0 Å². The number of hydrogen-bond donors (Lipinski definition) is 1. The van der Waals surface area contributed by atoms with Crippen molar-refractivity contribution in [2.45, 2.75) is 5.75 Å². The maximum atomic E-state index is 13.1. The summed E-state index contributed by atoms with van der Waals surface area (Å²) in [5.74, 6) is 0.401. The number of hydrogen-bond acceptors (Lipinski definition) is 2. The predicted octanol–water partition coefficient (Wildman–Crippen LogP) is 2.27. The van der Waals surface area contributed by atoms with Crippen molar-refractivity contribution in [3.8, 4) is 0 Å². The van der Waals surface area contributed by atoms with Gasteiger partial charge in [0.2, 0.25) is 0 Å². The van der Waals surface area contributed by atoms with Gasteiger partial charge in [0.1, 0.15) is 5.82 Å². The molecule has 0 bridgehead atoms. The molecule has 1 aromatic rings. The molecule has 11 heavy (non-hydrogen) atoms. The van der Waals surface area contributed by atoms with Crippen LogP contribution in [0.25, 0.3) is 0 Å². The molecular formula is C8H10FNS. The van der Waals surface area contributed by atoms with E-state index in [-0.39, 0.29) is 11.5 Å². The summed E-state index contributed by atoms with van der Waals surface area (Å²) in [5.41, 5.74) is 6.28. The Morgan fingerprint density at radius 3 is 2.91 bits per heavy atom. The van der Waals surface area contributed by atoms with Gasteiger partial charge in [-0.1, -0.05) is 12.1 Å². The molecule has 0 aliphatic rings. The van der Waals surface area contributed by atoms with E-state index in [1.165, 1.54) is 0 Å². The van der Waals surface area contributed by atoms with Crippen LogP contribution in [0.3, 0.4) is 0 Å². The second kappa shape index (κ2) is 3.62. The lowest BCUT2D eigenvalue weighted by atomic mass is 10.2. The third-order valence-electron chi connectivity index (χ3n) is 1.41. The zero-order chi connectivity index (χ0) is 8.27. The lowest BCUT2D eigenvalue weighted by Gasteiger charge is -2.01. The normalized spacial score (nSPS) is 10.0. The molecule has 2 N–H and O–H groups in total. The van der Waals surface area contributed by atoms with Crippen molar-refractivity contribution in [1.82, 2.24) is 0 Å². The Bertz CT molecular complexity index is 250. The van der Waals surface area contributed by atoms with Crippen LogP contribution in [0.5, 0.6) is 0 Å². The summed E-state index contributed by atoms with van der Waals surface area (Å²) in [6, 6.07) is 5.09. The van der Waals surface area contributed by atoms with Gasteiger partial charge in [-0.3, -0.25) is 0 Å². The highest BCUT2D eigenvalue weighted by atomic mass is 32.2. The van der Waals surface area contributed by atoms with Gasteiger partial charge in [0, 0.05) is 5.75 Å². The van der Waals surface area contributed by atoms with E-state index >= 15 is 0 Å². The molecule has 0 unspecified atom stereocenters. The average molecular weight is 171 g/mol. The summed E-state index contributed by atoms with van der Waals surface area (Å²) in [6.07, 6.45) is 1.93. The Labute approximate surface area is 69.8 Å². The highest BCUT2D eigenvalue weighted by Gasteiger charge is 2.02. The topological polar surface area (TPSA) is 26.0 Å². The molecule has 0 aliphatic carbocycles. The minimum atomic E-state index is -0.276. The molecule has 0 spiro atoms. The molecule has 1 rings (SSSR count). The summed E-state index contributed by atoms with van der Waals surface area (Å²) in [6.45, 7) is 0. The summed E-state index contributed by atoms with van der Waals surface area (Å²) in [4.78, 5) is 0. The number of anilines is 1. The number of nitrogens with two attached hydrogens (primary N) is 1. The van der Waals surface area contributed by atoms with E-state index in [1.807, 2.05) is 6.26 Å². The van der Waals surface area contributed by atoms with Crippen LogP contribution in [0, 0.1) is 5.82 Å². The third-order valence-corrected chi connectivity index (χ3v) is 2.01. The molecular weight excluding hydrogens is 161 g/mol. The van der Waals surface area contributed by atoms with Gasteiger partial charge >= 0.3 is 0 Å². The van der Waals surface area contributed by atoms with E-state index in [1.54, 1.807) is 30.0 Å². The van der Waals surface area contributed by atoms with Crippen LogP contribution in [0.1, 0.15) is 5.56 Å². The fourth-order valence-electron chi connectivity index (χ4n) is 0.867. The minimum Gasteiger partial charge on any atom is -0.396 e. The lowest BCUT2D eigenvalue weighted by molar-refractivity contribution is 0.622. The molecule has 1 aromatic carbocycles. The number of halogens is 1. The van der Waals surface area contributed by atoms with Crippen molar-refractivity contribution >= 4 is 17.4 Å². The first-order valence-corrected chi connectivity index (χ1v) is 4.67. The minimum absolute atomic E-state index is 0.233. The zero-order valence-corrected chi connectivity index (χ0v) is 7.12. The van der Waals surface area contributed by atoms with Gasteiger partial charge in [0.25, 0.3) is 0 Å². The Hall–Kier alpha value is -0.700. The molecule has 0 fully saturated rings. The van der Waals surface area contributed by atoms with Gasteiger partial charge < -0.3 is 5.73 Å². The Morgan fingerprint density at radius 2 is 2.27 bits per heavy atom. The first kappa shape index (κ1) is 8.40. The maximum Gasteiger partial charge on any atom is 0.150 e. The summed E-state index contributed by atoms with van der Waals surface area (Å²) < 4.78 is 13.1. The average Bonchev–Trinajstić information content (AvgIpc) is 1.99. The molecule has 0 atom stereocenters. The second-order valence-corrected chi connectivity index (χ2v) is 3.12. The van der Waals surface area contributed by atoms with Gasteiger partial charge in [-0.15, -0.1) is 0 Å². The van der Waals surface area contributed by atoms with Gasteiger partial charge in [0.15, 0.2) is 0 Å². The van der Waals surface area contributed by atoms with Crippen molar-refractivity contribution < 1.29 is 4.39 Å². The second-order valence-electron chi connectivity index (χ2n) is 2.25. The fourth-order valence-corrected chi connectivity index (χ4v) is 1.40. The van der Waals surface area contributed by atoms with Crippen LogP contribution in [0.15, 0.2) is 18.2 Å². The molecule has 0 aliphatic heterocycles. The summed E-state index contributed by atoms with van der Waals surface area (Å²) in [5, 5.41) is 0.